The van der Waals surface area contributed by atoms with Gasteiger partial charge in [0.15, 0.2) is 5.01 Å². The summed E-state index contributed by atoms with van der Waals surface area (Å²) >= 11 is 14.5. The summed E-state index contributed by atoms with van der Waals surface area (Å²) in [6.45, 7) is 0. The molecule has 0 radical (unpaired) electrons. The van der Waals surface area contributed by atoms with Gasteiger partial charge >= 0.3 is 0 Å². The molecule has 0 saturated heterocycles. The number of nitrogens with zero attached hydrogens (tertiary/aromatic N) is 2. The van der Waals surface area contributed by atoms with E-state index in [9.17, 15) is 0 Å². The maximum Gasteiger partial charge on any atom is 0.157 e. The molecule has 0 N–H and O–H groups in total. The lowest BCUT2D eigenvalue weighted by molar-refractivity contribution is 0.991. The van der Waals surface area contributed by atoms with Crippen LogP contribution in [0.25, 0.3) is 9.88 Å². The van der Waals surface area contributed by atoms with Crippen LogP contribution in [0.5, 0.6) is 0 Å². The van der Waals surface area contributed by atoms with Gasteiger partial charge in [-0.25, -0.2) is 0 Å². The molecule has 0 fully saturated rings. The highest BCUT2D eigenvalue weighted by molar-refractivity contribution is 7.23. The maximum atomic E-state index is 5.83. The average Bonchev–Trinajstić information content (AvgIpc) is 2.74. The first-order chi connectivity index (χ1) is 6.79. The molecule has 74 valence electrons. The molecule has 14 heavy (non-hydrogen) atoms. The number of aromatic nitrogens is 2. The molecule has 0 aliphatic carbocycles. The van der Waals surface area contributed by atoms with Gasteiger partial charge in [-0.2, -0.15) is 0 Å². The Morgan fingerprint density at radius 2 is 2.07 bits per heavy atom. The van der Waals surface area contributed by atoms with Crippen LogP contribution < -0.4 is 0 Å². The molecular weight excluding hydrogens is 259 g/mol. The summed E-state index contributed by atoms with van der Waals surface area (Å²) in [5.41, 5.74) is 0. The molecule has 0 atom stereocenters. The third-order valence-corrected chi connectivity index (χ3v) is 4.13. The minimum absolute atomic E-state index is 0.583. The summed E-state index contributed by atoms with van der Waals surface area (Å²) in [6, 6.07) is 3.82. The Hall–Kier alpha value is -0.160. The molecule has 0 aliphatic heterocycles. The predicted octanol–water partition coefficient (Wildman–Crippen LogP) is 3.70. The Balaban J connectivity index is 2.24. The van der Waals surface area contributed by atoms with Crippen LogP contribution in [-0.4, -0.2) is 16.1 Å². The summed E-state index contributed by atoms with van der Waals surface area (Å²) in [7, 11) is 0. The largest absolute Gasteiger partial charge is 0.157 e. The van der Waals surface area contributed by atoms with Crippen LogP contribution in [0.1, 0.15) is 5.01 Å². The summed E-state index contributed by atoms with van der Waals surface area (Å²) in [5.74, 6) is 0.583. The van der Waals surface area contributed by atoms with Crippen molar-refractivity contribution in [3.05, 3.63) is 21.5 Å². The van der Waals surface area contributed by atoms with E-state index in [2.05, 4.69) is 10.2 Å². The minimum atomic E-state index is 0.583. The Morgan fingerprint density at radius 1 is 1.21 bits per heavy atom. The lowest BCUT2D eigenvalue weighted by Gasteiger charge is -1.85. The smallest absolute Gasteiger partial charge is 0.143 e. The Bertz CT molecular complexity index is 424. The number of rotatable bonds is 3. The van der Waals surface area contributed by atoms with Crippen LogP contribution in [0.15, 0.2) is 12.1 Å². The molecule has 0 aliphatic rings. The van der Waals surface area contributed by atoms with E-state index in [0.29, 0.717) is 5.88 Å². The third-order valence-electron chi connectivity index (χ3n) is 1.56. The zero-order valence-corrected chi connectivity index (χ0v) is 10.2. The van der Waals surface area contributed by atoms with Gasteiger partial charge in [0.1, 0.15) is 5.01 Å². The number of hydrogen-bond acceptors (Lipinski definition) is 4. The highest BCUT2D eigenvalue weighted by Gasteiger charge is 2.08. The Kier molecular flexibility index (Phi) is 3.38. The first kappa shape index (κ1) is 10.4. The van der Waals surface area contributed by atoms with Gasteiger partial charge in [-0.05, 0) is 12.1 Å². The normalized spacial score (nSPS) is 10.7. The van der Waals surface area contributed by atoms with Gasteiger partial charge in [0.05, 0.1) is 9.21 Å². The van der Waals surface area contributed by atoms with Crippen molar-refractivity contribution >= 4 is 45.9 Å². The second-order valence-electron chi connectivity index (χ2n) is 2.54. The average molecular weight is 265 g/mol. The van der Waals surface area contributed by atoms with Gasteiger partial charge in [-0.15, -0.1) is 33.1 Å². The van der Waals surface area contributed by atoms with E-state index in [-0.39, 0.29) is 0 Å². The van der Waals surface area contributed by atoms with Crippen molar-refractivity contribution in [3.63, 3.8) is 0 Å². The second kappa shape index (κ2) is 4.57. The number of alkyl halides is 1. The van der Waals surface area contributed by atoms with Crippen LogP contribution in [0.3, 0.4) is 0 Å². The summed E-state index contributed by atoms with van der Waals surface area (Å²) in [4.78, 5) is 1.06. The van der Waals surface area contributed by atoms with Gasteiger partial charge in [-0.1, -0.05) is 22.9 Å². The van der Waals surface area contributed by atoms with Crippen molar-refractivity contribution in [2.75, 3.05) is 5.88 Å². The maximum absolute atomic E-state index is 5.83. The lowest BCUT2D eigenvalue weighted by atomic mass is 10.5. The molecule has 0 bridgehead atoms. The quantitative estimate of drug-likeness (QED) is 0.791. The zero-order valence-electron chi connectivity index (χ0n) is 7.04. The molecule has 0 saturated carbocycles. The predicted molar refractivity (Wildman–Crippen MR) is 62.7 cm³/mol. The van der Waals surface area contributed by atoms with E-state index < -0.39 is 0 Å². The fourth-order valence-electron chi connectivity index (χ4n) is 0.964. The Morgan fingerprint density at radius 3 is 2.71 bits per heavy atom. The molecule has 2 aromatic heterocycles. The molecular formula is C8H6Cl2N2S2. The standard InChI is InChI=1S/C8H6Cl2N2S2/c9-4-3-7-11-12-8(14-7)5-1-2-6(10)13-5/h1-2H,3-4H2. The lowest BCUT2D eigenvalue weighted by Crippen LogP contribution is -1.82. The number of aryl methyl sites for hydroxylation is 1. The second-order valence-corrected chi connectivity index (χ2v) is 5.70. The fourth-order valence-corrected chi connectivity index (χ4v) is 3.19. The zero-order chi connectivity index (χ0) is 9.97. The van der Waals surface area contributed by atoms with Crippen molar-refractivity contribution in [2.24, 2.45) is 0 Å². The van der Waals surface area contributed by atoms with Crippen molar-refractivity contribution in [1.29, 1.82) is 0 Å². The molecule has 0 amide bonds. The minimum Gasteiger partial charge on any atom is -0.143 e. The van der Waals surface area contributed by atoms with Crippen LogP contribution in [0.4, 0.5) is 0 Å². The highest BCUT2D eigenvalue weighted by Crippen LogP contribution is 2.32. The monoisotopic (exact) mass is 264 g/mol. The van der Waals surface area contributed by atoms with Crippen molar-refractivity contribution < 1.29 is 0 Å². The Labute approximate surface area is 99.5 Å². The first-order valence-corrected chi connectivity index (χ1v) is 6.48. The van der Waals surface area contributed by atoms with Gasteiger partial charge in [0.2, 0.25) is 0 Å². The van der Waals surface area contributed by atoms with Crippen LogP contribution in [0.2, 0.25) is 4.34 Å². The van der Waals surface area contributed by atoms with E-state index in [1.165, 1.54) is 11.3 Å². The van der Waals surface area contributed by atoms with Gasteiger partial charge in [-0.3, -0.25) is 0 Å². The van der Waals surface area contributed by atoms with Gasteiger partial charge in [0.25, 0.3) is 0 Å². The first-order valence-electron chi connectivity index (χ1n) is 3.93. The summed E-state index contributed by atoms with van der Waals surface area (Å²) in [5, 5.41) is 10.0. The van der Waals surface area contributed by atoms with Crippen molar-refractivity contribution in [2.45, 2.75) is 6.42 Å². The molecule has 2 rings (SSSR count). The number of hydrogen-bond donors (Lipinski definition) is 0. The van der Waals surface area contributed by atoms with E-state index in [1.54, 1.807) is 11.3 Å². The molecule has 0 aromatic carbocycles. The SMILES string of the molecule is ClCCc1nnc(-c2ccc(Cl)s2)s1. The molecule has 0 spiro atoms. The number of thiophene rings is 1. The van der Waals surface area contributed by atoms with E-state index in [1.807, 2.05) is 12.1 Å². The summed E-state index contributed by atoms with van der Waals surface area (Å²) in [6.07, 6.45) is 0.776. The molecule has 2 aromatic rings. The topological polar surface area (TPSA) is 25.8 Å². The van der Waals surface area contributed by atoms with E-state index in [0.717, 1.165) is 25.6 Å². The third kappa shape index (κ3) is 2.25. The number of halogens is 2. The fraction of sp³-hybridized carbons (Fsp3) is 0.250. The van der Waals surface area contributed by atoms with Crippen LogP contribution in [0, 0.1) is 0 Å². The van der Waals surface area contributed by atoms with Crippen molar-refractivity contribution in [1.82, 2.24) is 10.2 Å². The highest BCUT2D eigenvalue weighted by atomic mass is 35.5. The van der Waals surface area contributed by atoms with E-state index >= 15 is 0 Å². The molecule has 2 nitrogen and oxygen atoms in total. The van der Waals surface area contributed by atoms with Crippen LogP contribution >= 0.6 is 45.9 Å². The van der Waals surface area contributed by atoms with Gasteiger partial charge in [0, 0.05) is 12.3 Å². The van der Waals surface area contributed by atoms with Gasteiger partial charge < -0.3 is 0 Å². The van der Waals surface area contributed by atoms with Crippen LogP contribution in [-0.2, 0) is 6.42 Å². The molecule has 0 unspecified atom stereocenters. The molecule has 2 heterocycles. The summed E-state index contributed by atoms with van der Waals surface area (Å²) < 4.78 is 0.772. The van der Waals surface area contributed by atoms with E-state index in [4.69, 9.17) is 23.2 Å². The van der Waals surface area contributed by atoms with Crippen molar-refractivity contribution in [3.8, 4) is 9.88 Å². The molecule has 6 heteroatoms.